The molecule has 3 fully saturated rings. The van der Waals surface area contributed by atoms with E-state index >= 15 is 0 Å². The zero-order valence-corrected chi connectivity index (χ0v) is 37.9. The van der Waals surface area contributed by atoms with Crippen LogP contribution >= 0.6 is 0 Å². The molecule has 1 N–H and O–H groups in total. The predicted octanol–water partition coefficient (Wildman–Crippen LogP) is 10.8. The van der Waals surface area contributed by atoms with E-state index in [9.17, 15) is 24.3 Å². The van der Waals surface area contributed by atoms with Gasteiger partial charge in [-0.1, -0.05) is 94.2 Å². The molecule has 9 atom stereocenters. The van der Waals surface area contributed by atoms with Crippen molar-refractivity contribution in [1.82, 2.24) is 0 Å². The lowest BCUT2D eigenvalue weighted by molar-refractivity contribution is -0.218. The molecule has 0 spiro atoms. The molecule has 4 aliphatic rings. The molecular weight excluding hydrogens is 705 g/mol. The first-order chi connectivity index (χ1) is 25.8. The molecule has 8 nitrogen and oxygen atoms in total. The van der Waals surface area contributed by atoms with Crippen LogP contribution in [0.15, 0.2) is 11.1 Å². The second-order valence-corrected chi connectivity index (χ2v) is 21.7. The first kappa shape index (κ1) is 46.5. The molecule has 0 heterocycles. The highest BCUT2D eigenvalue weighted by Crippen LogP contribution is 2.74. The Morgan fingerprint density at radius 2 is 1.30 bits per heavy atom. The molecule has 0 amide bonds. The van der Waals surface area contributed by atoms with Gasteiger partial charge in [-0.3, -0.25) is 19.2 Å². The Labute approximate surface area is 340 Å². The summed E-state index contributed by atoms with van der Waals surface area (Å²) in [5, 5.41) is 11.5. The van der Waals surface area contributed by atoms with E-state index in [0.29, 0.717) is 62.1 Å². The van der Waals surface area contributed by atoms with Crippen molar-refractivity contribution in [3.8, 4) is 0 Å². The SMILES string of the molecule is CC(C)CCC(=O)O[C@@H](C[C@@H](C)C1=C2C[C@H](OC(=O)CCC(C)C)[C@H]3[C@@]4(C)CCC(=O)C(C)(C)[C@@H]4CC[C@]3(C)[C@@]2(C)CC1)[C@@H](OC(=O)CCC(C)C)C(C)(C)O. The highest BCUT2D eigenvalue weighted by molar-refractivity contribution is 5.85. The number of rotatable bonds is 17. The number of carbonyl (C=O) groups excluding carboxylic acids is 4. The monoisotopic (exact) mass is 785 g/mol. The molecule has 56 heavy (non-hydrogen) atoms. The predicted molar refractivity (Wildman–Crippen MR) is 221 cm³/mol. The van der Waals surface area contributed by atoms with Crippen molar-refractivity contribution in [2.75, 3.05) is 0 Å². The van der Waals surface area contributed by atoms with Crippen molar-refractivity contribution in [2.45, 2.75) is 211 Å². The first-order valence-corrected chi connectivity index (χ1v) is 22.3. The number of Topliss-reactive ketones (excluding diaryl/α,β-unsaturated/α-hetero) is 1. The normalized spacial score (nSPS) is 31.8. The zero-order valence-electron chi connectivity index (χ0n) is 37.9. The molecule has 320 valence electrons. The number of carbonyl (C=O) groups is 4. The van der Waals surface area contributed by atoms with Crippen molar-refractivity contribution in [1.29, 1.82) is 0 Å². The van der Waals surface area contributed by atoms with Gasteiger partial charge in [-0.25, -0.2) is 0 Å². The molecule has 8 heteroatoms. The van der Waals surface area contributed by atoms with Crippen LogP contribution in [0.1, 0.15) is 187 Å². The topological polar surface area (TPSA) is 116 Å². The first-order valence-electron chi connectivity index (χ1n) is 22.3. The number of ether oxygens (including phenoxy) is 3. The average molecular weight is 785 g/mol. The Morgan fingerprint density at radius 1 is 0.768 bits per heavy atom. The van der Waals surface area contributed by atoms with Gasteiger partial charge in [0.25, 0.3) is 0 Å². The Balaban J connectivity index is 1.76. The fourth-order valence-corrected chi connectivity index (χ4v) is 12.0. The Hall–Kier alpha value is -2.22. The number of hydrogen-bond acceptors (Lipinski definition) is 8. The van der Waals surface area contributed by atoms with Crippen LogP contribution in [0.3, 0.4) is 0 Å². The minimum Gasteiger partial charge on any atom is -0.462 e. The molecule has 0 aliphatic heterocycles. The van der Waals surface area contributed by atoms with E-state index in [-0.39, 0.29) is 64.9 Å². The fourth-order valence-electron chi connectivity index (χ4n) is 12.0. The lowest BCUT2D eigenvalue weighted by Crippen LogP contribution is -2.66. The largest absolute Gasteiger partial charge is 0.462 e. The van der Waals surface area contributed by atoms with Crippen molar-refractivity contribution >= 4 is 23.7 Å². The van der Waals surface area contributed by atoms with E-state index in [1.807, 2.05) is 0 Å². The van der Waals surface area contributed by atoms with E-state index in [4.69, 9.17) is 14.2 Å². The molecule has 0 bridgehead atoms. The maximum absolute atomic E-state index is 13.7. The Kier molecular flexibility index (Phi) is 14.6. The highest BCUT2D eigenvalue weighted by atomic mass is 16.6. The summed E-state index contributed by atoms with van der Waals surface area (Å²) in [6.45, 7) is 29.5. The zero-order chi connectivity index (χ0) is 42.2. The maximum atomic E-state index is 13.7. The standard InChI is InChI=1S/C48H80O8/c1-29(2)15-18-39(50)54-35-28-34-33(21-25-47(34,13)48(14)26-22-37-44(8,9)38(49)23-24-46(37,12)42(35)48)32(7)27-36(55-40(51)19-16-30(3)4)43(45(10,11)53)56-41(52)20-17-31(5)6/h29-32,35-37,42-43,53H,15-28H2,1-14H3/t32-,35+,36+,37+,42+,43-,46+,47+,48+/m1/s1. The second kappa shape index (κ2) is 17.6. The van der Waals surface area contributed by atoms with Crippen molar-refractivity contribution in [3.05, 3.63) is 11.1 Å². The number of allylic oxidation sites excluding steroid dienone is 1. The molecule has 0 saturated heterocycles. The van der Waals surface area contributed by atoms with Crippen LogP contribution in [-0.2, 0) is 33.4 Å². The maximum Gasteiger partial charge on any atom is 0.306 e. The molecule has 4 aliphatic carbocycles. The molecule has 4 rings (SSSR count). The molecule has 0 aromatic heterocycles. The second-order valence-electron chi connectivity index (χ2n) is 21.7. The smallest absolute Gasteiger partial charge is 0.306 e. The van der Waals surface area contributed by atoms with Gasteiger partial charge in [0.15, 0.2) is 6.10 Å². The van der Waals surface area contributed by atoms with Gasteiger partial charge in [-0.15, -0.1) is 0 Å². The molecule has 0 aromatic carbocycles. The van der Waals surface area contributed by atoms with E-state index < -0.39 is 29.2 Å². The third kappa shape index (κ3) is 9.63. The van der Waals surface area contributed by atoms with Gasteiger partial charge >= 0.3 is 17.9 Å². The fraction of sp³-hybridized carbons (Fsp3) is 0.875. The summed E-state index contributed by atoms with van der Waals surface area (Å²) in [6.07, 6.45) is 6.99. The summed E-state index contributed by atoms with van der Waals surface area (Å²) in [7, 11) is 0. The van der Waals surface area contributed by atoms with Crippen molar-refractivity contribution in [3.63, 3.8) is 0 Å². The van der Waals surface area contributed by atoms with Crippen LogP contribution in [0.25, 0.3) is 0 Å². The van der Waals surface area contributed by atoms with Crippen LogP contribution in [0.4, 0.5) is 0 Å². The van der Waals surface area contributed by atoms with Gasteiger partial charge < -0.3 is 19.3 Å². The summed E-state index contributed by atoms with van der Waals surface area (Å²) in [4.78, 5) is 53.7. The van der Waals surface area contributed by atoms with E-state index in [1.165, 1.54) is 11.1 Å². The quantitative estimate of drug-likeness (QED) is 0.0880. The van der Waals surface area contributed by atoms with Gasteiger partial charge in [0, 0.05) is 43.4 Å². The van der Waals surface area contributed by atoms with E-state index in [2.05, 4.69) is 83.1 Å². The van der Waals surface area contributed by atoms with Crippen LogP contribution < -0.4 is 0 Å². The molecule has 0 unspecified atom stereocenters. The third-order valence-electron chi connectivity index (χ3n) is 15.4. The Morgan fingerprint density at radius 3 is 1.84 bits per heavy atom. The van der Waals surface area contributed by atoms with Gasteiger partial charge in [-0.05, 0) is 117 Å². The number of aliphatic hydroxyl groups is 1. The van der Waals surface area contributed by atoms with Crippen LogP contribution in [0.2, 0.25) is 0 Å². The number of ketones is 1. The van der Waals surface area contributed by atoms with Crippen LogP contribution in [0.5, 0.6) is 0 Å². The van der Waals surface area contributed by atoms with Crippen LogP contribution in [-0.4, -0.2) is 52.7 Å². The van der Waals surface area contributed by atoms with Crippen molar-refractivity contribution < 1.29 is 38.5 Å². The highest BCUT2D eigenvalue weighted by Gasteiger charge is 2.70. The average Bonchev–Trinajstić information content (AvgIpc) is 3.43. The van der Waals surface area contributed by atoms with Crippen molar-refractivity contribution in [2.24, 2.45) is 57.2 Å². The number of hydrogen-bond donors (Lipinski definition) is 1. The van der Waals surface area contributed by atoms with E-state index in [0.717, 1.165) is 38.5 Å². The lowest BCUT2D eigenvalue weighted by atomic mass is 9.36. The minimum absolute atomic E-state index is 0.0513. The summed E-state index contributed by atoms with van der Waals surface area (Å²) in [5.74, 6) is 0.762. The minimum atomic E-state index is -1.46. The van der Waals surface area contributed by atoms with E-state index in [1.54, 1.807) is 13.8 Å². The van der Waals surface area contributed by atoms with Gasteiger partial charge in [0.05, 0.1) is 5.60 Å². The number of fused-ring (bicyclic) bond motifs is 5. The third-order valence-corrected chi connectivity index (χ3v) is 15.4. The lowest BCUT2D eigenvalue weighted by Gasteiger charge is -2.69. The summed E-state index contributed by atoms with van der Waals surface area (Å²) >= 11 is 0. The molecule has 3 saturated carbocycles. The molecule has 0 aromatic rings. The molecule has 0 radical (unpaired) electrons. The van der Waals surface area contributed by atoms with Gasteiger partial charge in [0.2, 0.25) is 0 Å². The molecular formula is C48H80O8. The summed E-state index contributed by atoms with van der Waals surface area (Å²) in [6, 6.07) is 0. The van der Waals surface area contributed by atoms with Crippen LogP contribution in [0, 0.1) is 57.2 Å². The summed E-state index contributed by atoms with van der Waals surface area (Å²) < 4.78 is 19.0. The Bertz CT molecular complexity index is 1470. The number of esters is 3. The van der Waals surface area contributed by atoms with Gasteiger partial charge in [-0.2, -0.15) is 0 Å². The van der Waals surface area contributed by atoms with Gasteiger partial charge in [0.1, 0.15) is 18.0 Å². The summed E-state index contributed by atoms with van der Waals surface area (Å²) in [5.41, 5.74) is 0.306.